The van der Waals surface area contributed by atoms with Crippen molar-refractivity contribution >= 4 is 0 Å². The summed E-state index contributed by atoms with van der Waals surface area (Å²) in [5, 5.41) is 20.0. The number of nitrogens with zero attached hydrogens (tertiary/aromatic N) is 1. The molecule has 0 spiro atoms. The smallest absolute Gasteiger partial charge is 0.265 e. The van der Waals surface area contributed by atoms with Crippen LogP contribution in [-0.2, 0) is 6.54 Å². The molecule has 0 aliphatic heterocycles. The van der Waals surface area contributed by atoms with Crippen molar-refractivity contribution in [3.8, 4) is 11.8 Å². The molecular formula is C12H14F2N2O2. The van der Waals surface area contributed by atoms with E-state index in [0.717, 1.165) is 5.56 Å². The molecule has 1 aromatic carbocycles. The summed E-state index contributed by atoms with van der Waals surface area (Å²) in [6.45, 7) is 0.120. The predicted molar refractivity (Wildman–Crippen MR) is 61.3 cm³/mol. The van der Waals surface area contributed by atoms with Gasteiger partial charge in [0.1, 0.15) is 17.9 Å². The Hall–Kier alpha value is -1.71. The maximum absolute atomic E-state index is 12.0. The lowest BCUT2D eigenvalue weighted by molar-refractivity contribution is -0.00340. The van der Waals surface area contributed by atoms with E-state index in [1.165, 1.54) is 0 Å². The van der Waals surface area contributed by atoms with Crippen LogP contribution in [0.4, 0.5) is 8.78 Å². The predicted octanol–water partition coefficient (Wildman–Crippen LogP) is 1.30. The van der Waals surface area contributed by atoms with Crippen molar-refractivity contribution in [3.05, 3.63) is 29.8 Å². The lowest BCUT2D eigenvalue weighted by atomic mass is 10.2. The molecule has 0 fully saturated rings. The Balaban J connectivity index is 2.40. The maximum Gasteiger partial charge on any atom is 0.265 e. The van der Waals surface area contributed by atoms with Crippen LogP contribution in [0, 0.1) is 11.3 Å². The van der Waals surface area contributed by atoms with Crippen LogP contribution in [0.1, 0.15) is 5.56 Å². The monoisotopic (exact) mass is 256 g/mol. The molecule has 18 heavy (non-hydrogen) atoms. The molecule has 0 aliphatic carbocycles. The number of halogens is 2. The van der Waals surface area contributed by atoms with Crippen molar-refractivity contribution < 1.29 is 18.6 Å². The first kappa shape index (κ1) is 14.4. The maximum atomic E-state index is 12.0. The summed E-state index contributed by atoms with van der Waals surface area (Å²) in [4.78, 5) is 0. The molecule has 4 nitrogen and oxygen atoms in total. The van der Waals surface area contributed by atoms with Gasteiger partial charge in [-0.05, 0) is 17.7 Å². The number of alkyl halides is 2. The molecule has 0 saturated carbocycles. The number of hydrogen-bond donors (Lipinski definition) is 2. The Morgan fingerprint density at radius 3 is 2.89 bits per heavy atom. The van der Waals surface area contributed by atoms with Gasteiger partial charge >= 0.3 is 0 Å². The molecule has 1 atom stereocenters. The fourth-order valence-corrected chi connectivity index (χ4v) is 1.31. The van der Waals surface area contributed by atoms with Gasteiger partial charge in [0.15, 0.2) is 6.61 Å². The molecule has 0 amide bonds. The van der Waals surface area contributed by atoms with Gasteiger partial charge in [-0.1, -0.05) is 12.1 Å². The molecule has 0 radical (unpaired) electrons. The van der Waals surface area contributed by atoms with E-state index in [-0.39, 0.29) is 13.2 Å². The lowest BCUT2D eigenvalue weighted by Gasteiger charge is -2.11. The number of nitriles is 1. The average molecular weight is 256 g/mol. The van der Waals surface area contributed by atoms with E-state index in [1.807, 2.05) is 6.07 Å². The Kier molecular flexibility index (Phi) is 6.05. The quantitative estimate of drug-likeness (QED) is 0.772. The number of ether oxygens (including phenoxy) is 1. The van der Waals surface area contributed by atoms with Crippen LogP contribution in [-0.4, -0.2) is 30.8 Å². The van der Waals surface area contributed by atoms with Gasteiger partial charge in [-0.25, -0.2) is 8.78 Å². The topological polar surface area (TPSA) is 65.3 Å². The molecule has 1 unspecified atom stereocenters. The van der Waals surface area contributed by atoms with Gasteiger partial charge in [-0.2, -0.15) is 5.26 Å². The summed E-state index contributed by atoms with van der Waals surface area (Å²) in [6, 6.07) is 8.80. The summed E-state index contributed by atoms with van der Waals surface area (Å²) in [6.07, 6.45) is -4.41. The zero-order chi connectivity index (χ0) is 13.4. The Morgan fingerprint density at radius 2 is 2.22 bits per heavy atom. The SMILES string of the molecule is N#CCOc1cccc(CNCC(O)C(F)F)c1. The first-order valence-corrected chi connectivity index (χ1v) is 5.39. The second-order valence-corrected chi connectivity index (χ2v) is 3.63. The highest BCUT2D eigenvalue weighted by atomic mass is 19.3. The highest BCUT2D eigenvalue weighted by Gasteiger charge is 2.15. The normalized spacial score (nSPS) is 12.2. The van der Waals surface area contributed by atoms with Crippen LogP contribution in [0.2, 0.25) is 0 Å². The molecule has 98 valence electrons. The van der Waals surface area contributed by atoms with Crippen LogP contribution in [0.3, 0.4) is 0 Å². The van der Waals surface area contributed by atoms with Gasteiger partial charge in [0.2, 0.25) is 0 Å². The second-order valence-electron chi connectivity index (χ2n) is 3.63. The van der Waals surface area contributed by atoms with Gasteiger partial charge in [0.25, 0.3) is 6.43 Å². The van der Waals surface area contributed by atoms with Crippen molar-refractivity contribution in [2.45, 2.75) is 19.1 Å². The van der Waals surface area contributed by atoms with Gasteiger partial charge < -0.3 is 15.2 Å². The summed E-state index contributed by atoms with van der Waals surface area (Å²) in [5.41, 5.74) is 0.826. The van der Waals surface area contributed by atoms with E-state index < -0.39 is 12.5 Å². The van der Waals surface area contributed by atoms with Gasteiger partial charge in [-0.3, -0.25) is 0 Å². The van der Waals surface area contributed by atoms with E-state index in [4.69, 9.17) is 15.1 Å². The highest BCUT2D eigenvalue weighted by Crippen LogP contribution is 2.13. The largest absolute Gasteiger partial charge is 0.479 e. The molecule has 1 aromatic rings. The second kappa shape index (κ2) is 7.58. The Morgan fingerprint density at radius 1 is 1.44 bits per heavy atom. The van der Waals surface area contributed by atoms with E-state index in [9.17, 15) is 8.78 Å². The van der Waals surface area contributed by atoms with E-state index in [0.29, 0.717) is 12.3 Å². The molecule has 2 N–H and O–H groups in total. The van der Waals surface area contributed by atoms with Gasteiger partial charge in [0, 0.05) is 13.1 Å². The Bertz CT molecular complexity index is 407. The molecule has 0 aliphatic rings. The fraction of sp³-hybridized carbons (Fsp3) is 0.417. The number of rotatable bonds is 7. The minimum atomic E-state index is -2.75. The highest BCUT2D eigenvalue weighted by molar-refractivity contribution is 5.28. The minimum absolute atomic E-state index is 0.0407. The molecular weight excluding hydrogens is 242 g/mol. The zero-order valence-corrected chi connectivity index (χ0v) is 9.64. The number of aliphatic hydroxyl groups excluding tert-OH is 1. The summed E-state index contributed by atoms with van der Waals surface area (Å²) in [7, 11) is 0. The van der Waals surface area contributed by atoms with Gasteiger partial charge in [0.05, 0.1) is 0 Å². The van der Waals surface area contributed by atoms with E-state index >= 15 is 0 Å². The third-order valence-corrected chi connectivity index (χ3v) is 2.18. The number of benzene rings is 1. The number of nitrogens with one attached hydrogen (secondary N) is 1. The molecule has 0 heterocycles. The van der Waals surface area contributed by atoms with Crippen LogP contribution in [0.15, 0.2) is 24.3 Å². The van der Waals surface area contributed by atoms with Crippen molar-refractivity contribution in [1.82, 2.24) is 5.32 Å². The van der Waals surface area contributed by atoms with Crippen molar-refractivity contribution in [2.75, 3.05) is 13.2 Å². The molecule has 1 rings (SSSR count). The standard InChI is InChI=1S/C12H14F2N2O2/c13-12(14)11(17)8-16-7-9-2-1-3-10(6-9)18-5-4-15/h1-3,6,11-12,16-17H,5,7-8H2. The average Bonchev–Trinajstić information content (AvgIpc) is 2.36. The van der Waals surface area contributed by atoms with E-state index in [2.05, 4.69) is 5.32 Å². The first-order valence-electron chi connectivity index (χ1n) is 5.39. The number of hydrogen-bond acceptors (Lipinski definition) is 4. The fourth-order valence-electron chi connectivity index (χ4n) is 1.31. The van der Waals surface area contributed by atoms with Crippen LogP contribution < -0.4 is 10.1 Å². The molecule has 6 heteroatoms. The first-order chi connectivity index (χ1) is 8.63. The van der Waals surface area contributed by atoms with Crippen LogP contribution in [0.5, 0.6) is 5.75 Å². The third kappa shape index (κ3) is 5.08. The van der Waals surface area contributed by atoms with Crippen LogP contribution in [0.25, 0.3) is 0 Å². The van der Waals surface area contributed by atoms with Crippen molar-refractivity contribution in [3.63, 3.8) is 0 Å². The number of aliphatic hydroxyl groups is 1. The molecule has 0 bridgehead atoms. The lowest BCUT2D eigenvalue weighted by Crippen LogP contribution is -2.31. The molecule has 0 aromatic heterocycles. The minimum Gasteiger partial charge on any atom is -0.479 e. The summed E-state index contributed by atoms with van der Waals surface area (Å²) >= 11 is 0. The Labute approximate surface area is 104 Å². The van der Waals surface area contributed by atoms with Crippen molar-refractivity contribution in [2.24, 2.45) is 0 Å². The van der Waals surface area contributed by atoms with Crippen LogP contribution >= 0.6 is 0 Å². The third-order valence-electron chi connectivity index (χ3n) is 2.18. The zero-order valence-electron chi connectivity index (χ0n) is 9.64. The van der Waals surface area contributed by atoms with E-state index in [1.54, 1.807) is 24.3 Å². The van der Waals surface area contributed by atoms with Gasteiger partial charge in [-0.15, -0.1) is 0 Å². The molecule has 0 saturated heterocycles. The summed E-state index contributed by atoms with van der Waals surface area (Å²) < 4.78 is 29.1. The van der Waals surface area contributed by atoms with Crippen molar-refractivity contribution in [1.29, 1.82) is 5.26 Å². The summed E-state index contributed by atoms with van der Waals surface area (Å²) in [5.74, 6) is 0.547.